The number of hydrogen-bond donors (Lipinski definition) is 0. The SMILES string of the molecule is c1ccc(-c2cc(-c3ccccc3)nc(-c3cccc(-c4cccc(-c5ccc6c7ccccc7n(-c7cccc(-n8c9ccccc9c9ccccc98)c7)c6c5)n4)n3)n2)cc1. The average Bonchev–Trinajstić information content (AvgIpc) is 3.87. The summed E-state index contributed by atoms with van der Waals surface area (Å²) in [5.74, 6) is 0.559. The first-order valence-electron chi connectivity index (χ1n) is 20.8. The fraction of sp³-hybridized carbons (Fsp3) is 0. The molecule has 0 bridgehead atoms. The molecule has 6 nitrogen and oxygen atoms in total. The maximum absolute atomic E-state index is 5.23. The zero-order valence-electron chi connectivity index (χ0n) is 33.5. The fourth-order valence-corrected chi connectivity index (χ4v) is 8.90. The van der Waals surface area contributed by atoms with E-state index in [0.717, 1.165) is 67.6 Å². The maximum Gasteiger partial charge on any atom is 0.179 e. The normalized spacial score (nSPS) is 11.5. The molecule has 0 amide bonds. The van der Waals surface area contributed by atoms with Crippen molar-refractivity contribution in [2.75, 3.05) is 0 Å². The van der Waals surface area contributed by atoms with Crippen LogP contribution in [0, 0.1) is 0 Å². The molecule has 6 heteroatoms. The van der Waals surface area contributed by atoms with Crippen molar-refractivity contribution in [3.63, 3.8) is 0 Å². The molecule has 0 spiro atoms. The molecule has 0 saturated heterocycles. The van der Waals surface area contributed by atoms with Gasteiger partial charge in [0.1, 0.15) is 5.69 Å². The van der Waals surface area contributed by atoms with E-state index in [2.05, 4.69) is 161 Å². The molecule has 0 aliphatic heterocycles. The molecule has 290 valence electrons. The number of rotatable bonds is 7. The molecule has 0 radical (unpaired) electrons. The minimum Gasteiger partial charge on any atom is -0.309 e. The maximum atomic E-state index is 5.23. The highest BCUT2D eigenvalue weighted by molar-refractivity contribution is 6.11. The first-order chi connectivity index (χ1) is 30.7. The number of nitrogens with zero attached hydrogens (tertiary/aromatic N) is 6. The molecule has 0 aliphatic rings. The lowest BCUT2D eigenvalue weighted by Gasteiger charge is -2.13. The van der Waals surface area contributed by atoms with Gasteiger partial charge in [-0.3, -0.25) is 0 Å². The summed E-state index contributed by atoms with van der Waals surface area (Å²) in [6.07, 6.45) is 0. The molecule has 12 rings (SSSR count). The van der Waals surface area contributed by atoms with Gasteiger partial charge in [-0.2, -0.15) is 0 Å². The minimum atomic E-state index is 0.559. The second-order valence-electron chi connectivity index (χ2n) is 15.5. The van der Waals surface area contributed by atoms with Gasteiger partial charge in [0.25, 0.3) is 0 Å². The Balaban J connectivity index is 0.953. The molecular formula is C56H36N6. The smallest absolute Gasteiger partial charge is 0.179 e. The first kappa shape index (κ1) is 35.5. The Kier molecular flexibility index (Phi) is 8.38. The van der Waals surface area contributed by atoms with Crippen LogP contribution >= 0.6 is 0 Å². The van der Waals surface area contributed by atoms with Crippen molar-refractivity contribution in [3.8, 4) is 68.1 Å². The number of para-hydroxylation sites is 3. The van der Waals surface area contributed by atoms with Gasteiger partial charge in [-0.05, 0) is 72.8 Å². The third-order valence-corrected chi connectivity index (χ3v) is 11.8. The monoisotopic (exact) mass is 792 g/mol. The lowest BCUT2D eigenvalue weighted by molar-refractivity contribution is 1.13. The summed E-state index contributed by atoms with van der Waals surface area (Å²) in [5.41, 5.74) is 14.6. The van der Waals surface area contributed by atoms with Gasteiger partial charge in [0.05, 0.1) is 50.5 Å². The summed E-state index contributed by atoms with van der Waals surface area (Å²) in [5, 5.41) is 4.88. The Labute approximate surface area is 357 Å². The quantitative estimate of drug-likeness (QED) is 0.161. The highest BCUT2D eigenvalue weighted by atomic mass is 15.0. The topological polar surface area (TPSA) is 61.4 Å². The highest BCUT2D eigenvalue weighted by Gasteiger charge is 2.18. The van der Waals surface area contributed by atoms with Crippen LogP contribution in [0.4, 0.5) is 0 Å². The molecule has 0 aliphatic carbocycles. The molecule has 62 heavy (non-hydrogen) atoms. The molecule has 12 aromatic rings. The highest BCUT2D eigenvalue weighted by Crippen LogP contribution is 2.37. The van der Waals surface area contributed by atoms with Crippen molar-refractivity contribution in [3.05, 3.63) is 218 Å². The van der Waals surface area contributed by atoms with Crippen LogP contribution in [0.1, 0.15) is 0 Å². The van der Waals surface area contributed by atoms with Gasteiger partial charge in [0.2, 0.25) is 0 Å². The van der Waals surface area contributed by atoms with E-state index < -0.39 is 0 Å². The van der Waals surface area contributed by atoms with Crippen LogP contribution in [-0.2, 0) is 0 Å². The van der Waals surface area contributed by atoms with Gasteiger partial charge < -0.3 is 9.13 Å². The lowest BCUT2D eigenvalue weighted by Crippen LogP contribution is -1.99. The molecule has 0 N–H and O–H groups in total. The van der Waals surface area contributed by atoms with Gasteiger partial charge in [-0.15, -0.1) is 0 Å². The predicted molar refractivity (Wildman–Crippen MR) is 253 cm³/mol. The van der Waals surface area contributed by atoms with E-state index in [0.29, 0.717) is 11.5 Å². The molecule has 0 atom stereocenters. The second kappa shape index (κ2) is 14.7. The molecule has 0 unspecified atom stereocenters. The van der Waals surface area contributed by atoms with Crippen molar-refractivity contribution in [1.29, 1.82) is 0 Å². The van der Waals surface area contributed by atoms with Gasteiger partial charge in [0, 0.05) is 49.6 Å². The third kappa shape index (κ3) is 6.04. The van der Waals surface area contributed by atoms with E-state index in [1.165, 1.54) is 32.6 Å². The Hall–Kier alpha value is -8.48. The Morgan fingerprint density at radius 1 is 0.242 bits per heavy atom. The largest absolute Gasteiger partial charge is 0.309 e. The predicted octanol–water partition coefficient (Wildman–Crippen LogP) is 13.8. The zero-order chi connectivity index (χ0) is 41.0. The van der Waals surface area contributed by atoms with E-state index in [9.17, 15) is 0 Å². The van der Waals surface area contributed by atoms with Crippen LogP contribution in [0.5, 0.6) is 0 Å². The van der Waals surface area contributed by atoms with E-state index in [-0.39, 0.29) is 0 Å². The minimum absolute atomic E-state index is 0.559. The Morgan fingerprint density at radius 2 is 0.677 bits per heavy atom. The number of benzene rings is 7. The van der Waals surface area contributed by atoms with Gasteiger partial charge in [-0.25, -0.2) is 19.9 Å². The van der Waals surface area contributed by atoms with Gasteiger partial charge in [0.15, 0.2) is 5.82 Å². The van der Waals surface area contributed by atoms with Crippen LogP contribution < -0.4 is 0 Å². The van der Waals surface area contributed by atoms with Crippen molar-refractivity contribution in [2.24, 2.45) is 0 Å². The number of hydrogen-bond acceptors (Lipinski definition) is 4. The van der Waals surface area contributed by atoms with Crippen LogP contribution in [0.15, 0.2) is 218 Å². The van der Waals surface area contributed by atoms with Crippen LogP contribution in [-0.4, -0.2) is 29.1 Å². The Bertz CT molecular complexity index is 3530. The number of aromatic nitrogens is 6. The number of fused-ring (bicyclic) bond motifs is 6. The van der Waals surface area contributed by atoms with Gasteiger partial charge in [-0.1, -0.05) is 146 Å². The standard InChI is InChI=1S/C56H36N6/c1-3-16-37(17-4-1)50-36-51(38-18-5-2-6-19-38)60-56(59-50)49-28-15-27-48(58-49)47-26-14-25-46(57-47)39-32-33-45-44-24-9-12-31-54(44)62(55(45)34-39)41-21-13-20-40(35-41)61-52-29-10-7-22-42(52)43-23-8-11-30-53(43)61/h1-36H. The average molecular weight is 793 g/mol. The number of pyridine rings is 2. The van der Waals surface area contributed by atoms with E-state index in [1.54, 1.807) is 0 Å². The van der Waals surface area contributed by atoms with Crippen molar-refractivity contribution in [2.45, 2.75) is 0 Å². The third-order valence-electron chi connectivity index (χ3n) is 11.8. The summed E-state index contributed by atoms with van der Waals surface area (Å²) in [6.45, 7) is 0. The molecule has 0 saturated carbocycles. The van der Waals surface area contributed by atoms with E-state index >= 15 is 0 Å². The molecule has 5 heterocycles. The van der Waals surface area contributed by atoms with Crippen LogP contribution in [0.25, 0.3) is 112 Å². The summed E-state index contributed by atoms with van der Waals surface area (Å²) >= 11 is 0. The van der Waals surface area contributed by atoms with Crippen molar-refractivity contribution in [1.82, 2.24) is 29.1 Å². The van der Waals surface area contributed by atoms with Gasteiger partial charge >= 0.3 is 0 Å². The lowest BCUT2D eigenvalue weighted by atomic mass is 10.1. The molecule has 7 aromatic carbocycles. The molecule has 0 fully saturated rings. The van der Waals surface area contributed by atoms with Crippen molar-refractivity contribution >= 4 is 43.6 Å². The molecular weight excluding hydrogens is 757 g/mol. The molecule has 5 aromatic heterocycles. The van der Waals surface area contributed by atoms with Crippen LogP contribution in [0.2, 0.25) is 0 Å². The summed E-state index contributed by atoms with van der Waals surface area (Å²) < 4.78 is 4.76. The van der Waals surface area contributed by atoms with E-state index in [4.69, 9.17) is 19.9 Å². The zero-order valence-corrected chi connectivity index (χ0v) is 33.5. The van der Waals surface area contributed by atoms with Crippen LogP contribution in [0.3, 0.4) is 0 Å². The Morgan fingerprint density at radius 3 is 1.24 bits per heavy atom. The summed E-state index contributed by atoms with van der Waals surface area (Å²) in [4.78, 5) is 20.4. The second-order valence-corrected chi connectivity index (χ2v) is 15.5. The first-order valence-corrected chi connectivity index (χ1v) is 20.8. The summed E-state index contributed by atoms with van der Waals surface area (Å²) in [6, 6.07) is 76.1. The summed E-state index contributed by atoms with van der Waals surface area (Å²) in [7, 11) is 0. The van der Waals surface area contributed by atoms with Crippen molar-refractivity contribution < 1.29 is 0 Å². The fourth-order valence-electron chi connectivity index (χ4n) is 8.90. The van der Waals surface area contributed by atoms with E-state index in [1.807, 2.05) is 66.7 Å².